The molecule has 0 radical (unpaired) electrons. The van der Waals surface area contributed by atoms with Gasteiger partial charge in [-0.1, -0.05) is 0 Å². The van der Waals surface area contributed by atoms with Crippen LogP contribution < -0.4 is 11.3 Å². The van der Waals surface area contributed by atoms with Crippen molar-refractivity contribution in [2.75, 3.05) is 0 Å². The van der Waals surface area contributed by atoms with Gasteiger partial charge in [0.1, 0.15) is 5.92 Å². The van der Waals surface area contributed by atoms with Crippen molar-refractivity contribution in [1.82, 2.24) is 5.43 Å². The largest absolute Gasteiger partial charge is 0.294 e. The van der Waals surface area contributed by atoms with Crippen molar-refractivity contribution in [3.05, 3.63) is 0 Å². The Morgan fingerprint density at radius 3 is 2.33 bits per heavy atom. The number of halogens is 2. The van der Waals surface area contributed by atoms with Crippen LogP contribution in [0.5, 0.6) is 0 Å². The van der Waals surface area contributed by atoms with Crippen molar-refractivity contribution in [3.8, 4) is 0 Å². The highest BCUT2D eigenvalue weighted by molar-refractivity contribution is 5.82. The first-order valence-electron chi connectivity index (χ1n) is 2.46. The molecule has 1 atom stereocenters. The zero-order valence-corrected chi connectivity index (χ0v) is 4.53. The number of hydrogen-bond donors (Lipinski definition) is 2. The molecule has 0 aliphatic heterocycles. The molecular weight excluding hydrogens is 130 g/mol. The Morgan fingerprint density at radius 1 is 1.78 bits per heavy atom. The third-order valence-corrected chi connectivity index (χ3v) is 1.28. The number of carbonyl (C=O) groups excluding carboxylic acids is 1. The summed E-state index contributed by atoms with van der Waals surface area (Å²) >= 11 is 0. The average Bonchev–Trinajstić information content (AvgIpc) is 2.38. The fourth-order valence-electron chi connectivity index (χ4n) is 0.598. The van der Waals surface area contributed by atoms with Crippen molar-refractivity contribution in [1.29, 1.82) is 0 Å². The Bertz CT molecular complexity index is 148. The van der Waals surface area contributed by atoms with Gasteiger partial charge in [-0.2, -0.15) is 0 Å². The fourth-order valence-corrected chi connectivity index (χ4v) is 0.598. The van der Waals surface area contributed by atoms with Crippen molar-refractivity contribution in [3.63, 3.8) is 0 Å². The predicted octanol–water partition coefficient (Wildman–Crippen LogP) is -0.369. The summed E-state index contributed by atoms with van der Waals surface area (Å²) in [7, 11) is 0. The number of carbonyl (C=O) groups is 1. The maximum Gasteiger partial charge on any atom is 0.260 e. The average molecular weight is 136 g/mol. The maximum absolute atomic E-state index is 11.9. The quantitative estimate of drug-likeness (QED) is 0.293. The van der Waals surface area contributed by atoms with Crippen LogP contribution in [0.3, 0.4) is 0 Å². The number of rotatable bonds is 1. The molecule has 0 aromatic heterocycles. The van der Waals surface area contributed by atoms with Gasteiger partial charge in [0.05, 0.1) is 0 Å². The van der Waals surface area contributed by atoms with Crippen molar-refractivity contribution in [2.24, 2.45) is 11.8 Å². The van der Waals surface area contributed by atoms with Gasteiger partial charge >= 0.3 is 0 Å². The topological polar surface area (TPSA) is 55.1 Å². The predicted molar refractivity (Wildman–Crippen MR) is 25.4 cm³/mol. The molecule has 1 aliphatic rings. The third-order valence-electron chi connectivity index (χ3n) is 1.28. The molecule has 0 aromatic rings. The molecule has 1 fully saturated rings. The molecule has 1 aliphatic carbocycles. The summed E-state index contributed by atoms with van der Waals surface area (Å²) in [5, 5.41) is 0. The zero-order chi connectivity index (χ0) is 7.07. The number of hydrogen-bond acceptors (Lipinski definition) is 2. The normalized spacial score (nSPS) is 29.4. The first kappa shape index (κ1) is 6.41. The summed E-state index contributed by atoms with van der Waals surface area (Å²) in [5.74, 6) is -0.157. The van der Waals surface area contributed by atoms with Gasteiger partial charge in [-0.25, -0.2) is 14.6 Å². The number of hydrazine groups is 1. The van der Waals surface area contributed by atoms with Crippen LogP contribution in [-0.4, -0.2) is 11.8 Å². The number of nitrogens with two attached hydrogens (primary N) is 1. The Balaban J connectivity index is 2.42. The highest BCUT2D eigenvalue weighted by Crippen LogP contribution is 2.48. The summed E-state index contributed by atoms with van der Waals surface area (Å²) in [4.78, 5) is 10.3. The summed E-state index contributed by atoms with van der Waals surface area (Å²) in [6, 6.07) is 0. The standard InChI is InChI=1S/C4H6F2N2O/c5-4(6)1-2(4)3(9)8-7/h2H,1,7H2,(H,8,9). The van der Waals surface area contributed by atoms with E-state index in [2.05, 4.69) is 5.84 Å². The Morgan fingerprint density at radius 2 is 2.22 bits per heavy atom. The summed E-state index contributed by atoms with van der Waals surface area (Å²) in [5.41, 5.74) is 1.66. The fraction of sp³-hybridized carbons (Fsp3) is 0.750. The summed E-state index contributed by atoms with van der Waals surface area (Å²) < 4.78 is 23.8. The first-order chi connectivity index (χ1) is 4.08. The van der Waals surface area contributed by atoms with Gasteiger partial charge in [0.25, 0.3) is 5.92 Å². The first-order valence-corrected chi connectivity index (χ1v) is 2.46. The Labute approximate surface area is 50.2 Å². The molecule has 0 aromatic carbocycles. The van der Waals surface area contributed by atoms with Crippen molar-refractivity contribution >= 4 is 5.91 Å². The molecule has 0 bridgehead atoms. The molecule has 9 heavy (non-hydrogen) atoms. The smallest absolute Gasteiger partial charge is 0.260 e. The van der Waals surface area contributed by atoms with E-state index in [1.54, 1.807) is 5.43 Å². The Kier molecular flexibility index (Phi) is 1.16. The molecule has 52 valence electrons. The van der Waals surface area contributed by atoms with Gasteiger partial charge < -0.3 is 0 Å². The molecule has 1 rings (SSSR count). The highest BCUT2D eigenvalue weighted by Gasteiger charge is 2.61. The molecule has 3 N–H and O–H groups in total. The lowest BCUT2D eigenvalue weighted by atomic mass is 10.4. The van der Waals surface area contributed by atoms with Gasteiger partial charge in [-0.15, -0.1) is 0 Å². The van der Waals surface area contributed by atoms with Crippen LogP contribution in [-0.2, 0) is 4.79 Å². The molecule has 3 nitrogen and oxygen atoms in total. The van der Waals surface area contributed by atoms with E-state index in [0.29, 0.717) is 0 Å². The second-order valence-corrected chi connectivity index (χ2v) is 2.03. The molecule has 1 amide bonds. The lowest BCUT2D eigenvalue weighted by Crippen LogP contribution is -2.32. The third kappa shape index (κ3) is 0.999. The second-order valence-electron chi connectivity index (χ2n) is 2.03. The number of alkyl halides is 2. The molecule has 0 spiro atoms. The van der Waals surface area contributed by atoms with E-state index in [9.17, 15) is 13.6 Å². The molecule has 5 heteroatoms. The van der Waals surface area contributed by atoms with E-state index in [-0.39, 0.29) is 6.42 Å². The highest BCUT2D eigenvalue weighted by atomic mass is 19.3. The lowest BCUT2D eigenvalue weighted by Gasteiger charge is -1.93. The maximum atomic E-state index is 11.9. The minimum atomic E-state index is -2.80. The number of nitrogens with one attached hydrogen (secondary N) is 1. The van der Waals surface area contributed by atoms with Crippen LogP contribution in [0.1, 0.15) is 6.42 Å². The molecule has 0 heterocycles. The van der Waals surface area contributed by atoms with Crippen LogP contribution in [0.4, 0.5) is 8.78 Å². The molecule has 1 saturated carbocycles. The second kappa shape index (κ2) is 1.63. The van der Waals surface area contributed by atoms with Crippen LogP contribution >= 0.6 is 0 Å². The van der Waals surface area contributed by atoms with Crippen LogP contribution in [0.2, 0.25) is 0 Å². The van der Waals surface area contributed by atoms with Gasteiger partial charge in [0.15, 0.2) is 0 Å². The van der Waals surface area contributed by atoms with Gasteiger partial charge in [0, 0.05) is 6.42 Å². The van der Waals surface area contributed by atoms with Crippen molar-refractivity contribution < 1.29 is 13.6 Å². The molecular formula is C4H6F2N2O. The number of amides is 1. The minimum absolute atomic E-state index is 0.365. The van der Waals surface area contributed by atoms with Crippen LogP contribution in [0.25, 0.3) is 0 Å². The molecule has 1 unspecified atom stereocenters. The monoisotopic (exact) mass is 136 g/mol. The minimum Gasteiger partial charge on any atom is -0.294 e. The van der Waals surface area contributed by atoms with Crippen LogP contribution in [0.15, 0.2) is 0 Å². The van der Waals surface area contributed by atoms with E-state index in [4.69, 9.17) is 0 Å². The van der Waals surface area contributed by atoms with Gasteiger partial charge in [-0.3, -0.25) is 10.2 Å². The van der Waals surface area contributed by atoms with Crippen LogP contribution in [0, 0.1) is 5.92 Å². The van der Waals surface area contributed by atoms with E-state index < -0.39 is 17.7 Å². The van der Waals surface area contributed by atoms with Gasteiger partial charge in [0.2, 0.25) is 5.91 Å². The van der Waals surface area contributed by atoms with E-state index in [1.165, 1.54) is 0 Å². The SMILES string of the molecule is NNC(=O)C1CC1(F)F. The Hall–Kier alpha value is -0.710. The van der Waals surface area contributed by atoms with E-state index >= 15 is 0 Å². The lowest BCUT2D eigenvalue weighted by molar-refractivity contribution is -0.124. The molecule has 0 saturated heterocycles. The zero-order valence-electron chi connectivity index (χ0n) is 4.53. The van der Waals surface area contributed by atoms with E-state index in [1.807, 2.05) is 0 Å². The van der Waals surface area contributed by atoms with E-state index in [0.717, 1.165) is 0 Å². The van der Waals surface area contributed by atoms with Gasteiger partial charge in [-0.05, 0) is 0 Å². The van der Waals surface area contributed by atoms with Crippen molar-refractivity contribution in [2.45, 2.75) is 12.3 Å². The summed E-state index contributed by atoms with van der Waals surface area (Å²) in [6.07, 6.45) is -0.365. The summed E-state index contributed by atoms with van der Waals surface area (Å²) in [6.45, 7) is 0.